The molecule has 7 heteroatoms. The first-order valence-corrected chi connectivity index (χ1v) is 7.28. The molecule has 118 valence electrons. The molecule has 0 radical (unpaired) electrons. The lowest BCUT2D eigenvalue weighted by molar-refractivity contribution is -0.142. The topological polar surface area (TPSA) is 98.2 Å². The van der Waals surface area contributed by atoms with Gasteiger partial charge < -0.3 is 15.0 Å². The van der Waals surface area contributed by atoms with Crippen LogP contribution in [0.4, 0.5) is 0 Å². The number of nitriles is 1. The van der Waals surface area contributed by atoms with E-state index in [1.54, 1.807) is 0 Å². The molecule has 1 atom stereocenters. The van der Waals surface area contributed by atoms with Crippen molar-refractivity contribution in [1.29, 1.82) is 5.26 Å². The Hall–Kier alpha value is -2.33. The maximum Gasteiger partial charge on any atom is 0.319 e. The number of methoxy groups -OCH3 is 1. The number of carbonyl (C=O) groups excluding carboxylic acids is 2. The lowest BCUT2D eigenvalue weighted by Gasteiger charge is -2.31. The van der Waals surface area contributed by atoms with Crippen LogP contribution >= 0.6 is 0 Å². The number of ether oxygens (including phenoxy) is 1. The van der Waals surface area contributed by atoms with Gasteiger partial charge in [-0.2, -0.15) is 5.26 Å². The third kappa shape index (κ3) is 4.33. The SMILES string of the molecule is COC(=O)CN1CCC[C@@H](CNC(=O)c2c[nH]c(C#N)c2)C1. The average molecular weight is 304 g/mol. The maximum absolute atomic E-state index is 12.0. The van der Waals surface area contributed by atoms with E-state index in [-0.39, 0.29) is 11.9 Å². The van der Waals surface area contributed by atoms with Gasteiger partial charge in [0.15, 0.2) is 0 Å². The van der Waals surface area contributed by atoms with E-state index in [9.17, 15) is 9.59 Å². The van der Waals surface area contributed by atoms with Crippen LogP contribution in [0.5, 0.6) is 0 Å². The number of hydrogen-bond acceptors (Lipinski definition) is 5. The van der Waals surface area contributed by atoms with Crippen molar-refractivity contribution in [3.8, 4) is 6.07 Å². The number of esters is 1. The molecule has 1 aromatic heterocycles. The van der Waals surface area contributed by atoms with Crippen LogP contribution in [0.25, 0.3) is 0 Å². The summed E-state index contributed by atoms with van der Waals surface area (Å²) in [5, 5.41) is 11.6. The molecule has 1 aliphatic rings. The molecular formula is C15H20N4O3. The fourth-order valence-electron chi connectivity index (χ4n) is 2.64. The molecule has 7 nitrogen and oxygen atoms in total. The number of H-pyrrole nitrogens is 1. The van der Waals surface area contributed by atoms with Crippen LogP contribution in [0.2, 0.25) is 0 Å². The van der Waals surface area contributed by atoms with E-state index >= 15 is 0 Å². The number of carbonyl (C=O) groups is 2. The molecule has 0 bridgehead atoms. The first-order valence-electron chi connectivity index (χ1n) is 7.28. The Morgan fingerprint density at radius 1 is 1.59 bits per heavy atom. The van der Waals surface area contributed by atoms with Crippen LogP contribution in [0.15, 0.2) is 12.3 Å². The highest BCUT2D eigenvalue weighted by atomic mass is 16.5. The summed E-state index contributed by atoms with van der Waals surface area (Å²) in [5.41, 5.74) is 0.825. The first kappa shape index (κ1) is 16.0. The number of nitrogens with one attached hydrogen (secondary N) is 2. The molecule has 1 aromatic rings. The number of nitrogens with zero attached hydrogens (tertiary/aromatic N) is 2. The van der Waals surface area contributed by atoms with Gasteiger partial charge in [-0.05, 0) is 31.4 Å². The highest BCUT2D eigenvalue weighted by Crippen LogP contribution is 2.15. The predicted octanol–water partition coefficient (Wildman–Crippen LogP) is 0.501. The fourth-order valence-corrected chi connectivity index (χ4v) is 2.64. The van der Waals surface area contributed by atoms with Crippen molar-refractivity contribution >= 4 is 11.9 Å². The molecular weight excluding hydrogens is 284 g/mol. The standard InChI is InChI=1S/C15H20N4O3/c1-22-14(20)10-19-4-2-3-11(9-19)7-18-15(21)12-5-13(6-16)17-8-12/h5,8,11,17H,2-4,7,9-10H2,1H3,(H,18,21)/t11-/m0/s1. The molecule has 2 rings (SSSR count). The minimum Gasteiger partial charge on any atom is -0.468 e. The van der Waals surface area contributed by atoms with Gasteiger partial charge in [0.2, 0.25) is 0 Å². The van der Waals surface area contributed by atoms with E-state index in [4.69, 9.17) is 5.26 Å². The second-order valence-corrected chi connectivity index (χ2v) is 5.44. The molecule has 0 aliphatic carbocycles. The molecule has 2 N–H and O–H groups in total. The van der Waals surface area contributed by atoms with E-state index in [2.05, 4.69) is 19.9 Å². The van der Waals surface area contributed by atoms with Crippen LogP contribution in [-0.4, -0.2) is 55.0 Å². The highest BCUT2D eigenvalue weighted by Gasteiger charge is 2.22. The number of piperidine rings is 1. The zero-order valence-electron chi connectivity index (χ0n) is 12.6. The zero-order valence-corrected chi connectivity index (χ0v) is 12.6. The van der Waals surface area contributed by atoms with Crippen molar-refractivity contribution in [3.05, 3.63) is 23.5 Å². The van der Waals surface area contributed by atoms with Crippen molar-refractivity contribution < 1.29 is 14.3 Å². The molecule has 1 amide bonds. The second-order valence-electron chi connectivity index (χ2n) is 5.44. The van der Waals surface area contributed by atoms with Crippen molar-refractivity contribution in [1.82, 2.24) is 15.2 Å². The van der Waals surface area contributed by atoms with Crippen LogP contribution in [-0.2, 0) is 9.53 Å². The number of rotatable bonds is 5. The number of aromatic amines is 1. The molecule has 1 aliphatic heterocycles. The van der Waals surface area contributed by atoms with Crippen LogP contribution in [0.3, 0.4) is 0 Å². The Morgan fingerprint density at radius 2 is 2.41 bits per heavy atom. The van der Waals surface area contributed by atoms with Gasteiger partial charge in [-0.25, -0.2) is 0 Å². The Morgan fingerprint density at radius 3 is 3.09 bits per heavy atom. The Balaban J connectivity index is 1.79. The van der Waals surface area contributed by atoms with Gasteiger partial charge in [-0.1, -0.05) is 0 Å². The van der Waals surface area contributed by atoms with Gasteiger partial charge >= 0.3 is 5.97 Å². The predicted molar refractivity (Wildman–Crippen MR) is 79.0 cm³/mol. The fraction of sp³-hybridized carbons (Fsp3) is 0.533. The summed E-state index contributed by atoms with van der Waals surface area (Å²) in [5.74, 6) is -0.111. The molecule has 0 saturated carbocycles. The summed E-state index contributed by atoms with van der Waals surface area (Å²) in [4.78, 5) is 28.1. The highest BCUT2D eigenvalue weighted by molar-refractivity contribution is 5.94. The van der Waals surface area contributed by atoms with E-state index in [0.717, 1.165) is 25.9 Å². The van der Waals surface area contributed by atoms with E-state index in [1.807, 2.05) is 6.07 Å². The molecule has 0 aromatic carbocycles. The monoisotopic (exact) mass is 304 g/mol. The molecule has 0 spiro atoms. The minimum atomic E-state index is -0.235. The van der Waals surface area contributed by atoms with Gasteiger partial charge in [0.25, 0.3) is 5.91 Å². The van der Waals surface area contributed by atoms with Crippen LogP contribution in [0, 0.1) is 17.2 Å². The zero-order chi connectivity index (χ0) is 15.9. The molecule has 1 saturated heterocycles. The number of likely N-dealkylation sites (tertiary alicyclic amines) is 1. The summed E-state index contributed by atoms with van der Waals surface area (Å²) >= 11 is 0. The summed E-state index contributed by atoms with van der Waals surface area (Å²) in [6, 6.07) is 3.48. The number of aromatic nitrogens is 1. The summed E-state index contributed by atoms with van der Waals surface area (Å²) in [6.07, 6.45) is 3.55. The van der Waals surface area contributed by atoms with E-state index in [1.165, 1.54) is 19.4 Å². The van der Waals surface area contributed by atoms with Gasteiger partial charge in [0.05, 0.1) is 19.2 Å². The minimum absolute atomic E-state index is 0.192. The van der Waals surface area contributed by atoms with Gasteiger partial charge in [0.1, 0.15) is 11.8 Å². The third-order valence-electron chi connectivity index (χ3n) is 3.80. The molecule has 0 unspecified atom stereocenters. The lowest BCUT2D eigenvalue weighted by Crippen LogP contribution is -2.43. The Labute approximate surface area is 129 Å². The molecule has 1 fully saturated rings. The van der Waals surface area contributed by atoms with Gasteiger partial charge in [-0.15, -0.1) is 0 Å². The van der Waals surface area contributed by atoms with Crippen LogP contribution in [0.1, 0.15) is 28.9 Å². The quantitative estimate of drug-likeness (QED) is 0.772. The lowest BCUT2D eigenvalue weighted by atomic mass is 9.98. The van der Waals surface area contributed by atoms with Crippen molar-refractivity contribution in [3.63, 3.8) is 0 Å². The van der Waals surface area contributed by atoms with Gasteiger partial charge in [0, 0.05) is 19.3 Å². The van der Waals surface area contributed by atoms with Crippen molar-refractivity contribution in [2.75, 3.05) is 33.3 Å². The van der Waals surface area contributed by atoms with Crippen LogP contribution < -0.4 is 5.32 Å². The van der Waals surface area contributed by atoms with E-state index < -0.39 is 0 Å². The number of amides is 1. The molecule has 22 heavy (non-hydrogen) atoms. The third-order valence-corrected chi connectivity index (χ3v) is 3.80. The first-order chi connectivity index (χ1) is 10.6. The van der Waals surface area contributed by atoms with Gasteiger partial charge in [-0.3, -0.25) is 14.5 Å². The normalized spacial score (nSPS) is 18.5. The maximum atomic E-state index is 12.0. The summed E-state index contributed by atoms with van der Waals surface area (Å²) in [6.45, 7) is 2.50. The largest absolute Gasteiger partial charge is 0.468 e. The second kappa shape index (κ2) is 7.61. The average Bonchev–Trinajstić information content (AvgIpc) is 3.02. The van der Waals surface area contributed by atoms with Crippen molar-refractivity contribution in [2.45, 2.75) is 12.8 Å². The van der Waals surface area contributed by atoms with E-state index in [0.29, 0.717) is 30.3 Å². The number of hydrogen-bond donors (Lipinski definition) is 2. The Bertz CT molecular complexity index is 576. The molecule has 2 heterocycles. The summed E-state index contributed by atoms with van der Waals surface area (Å²) < 4.78 is 4.68. The summed E-state index contributed by atoms with van der Waals surface area (Å²) in [7, 11) is 1.39. The van der Waals surface area contributed by atoms with Crippen molar-refractivity contribution in [2.24, 2.45) is 5.92 Å². The smallest absolute Gasteiger partial charge is 0.319 e. The Kier molecular flexibility index (Phi) is 5.55.